The van der Waals surface area contributed by atoms with Gasteiger partial charge in [-0.1, -0.05) is 19.9 Å². The van der Waals surface area contributed by atoms with Crippen molar-refractivity contribution in [1.82, 2.24) is 9.80 Å². The van der Waals surface area contributed by atoms with E-state index in [1.54, 1.807) is 36.3 Å². The molecule has 0 aliphatic carbocycles. The van der Waals surface area contributed by atoms with Crippen LogP contribution in [0.4, 0.5) is 0 Å². The molecule has 1 amide bonds. The van der Waals surface area contributed by atoms with E-state index in [0.717, 1.165) is 32.5 Å². The zero-order chi connectivity index (χ0) is 19.4. The normalized spacial score (nSPS) is 10.7. The van der Waals surface area contributed by atoms with E-state index in [9.17, 15) is 9.59 Å². The van der Waals surface area contributed by atoms with Gasteiger partial charge in [0.25, 0.3) is 5.91 Å². The average molecular weight is 364 g/mol. The second-order valence-corrected chi connectivity index (χ2v) is 6.08. The van der Waals surface area contributed by atoms with Gasteiger partial charge in [0.15, 0.2) is 0 Å². The summed E-state index contributed by atoms with van der Waals surface area (Å²) in [7, 11) is 2.94. The zero-order valence-corrected chi connectivity index (χ0v) is 16.5. The van der Waals surface area contributed by atoms with Gasteiger partial charge in [-0.3, -0.25) is 9.59 Å². The number of unbranched alkanes of at least 4 members (excludes halogenated alkanes) is 1. The Bertz CT molecular complexity index is 558. The Morgan fingerprint density at radius 3 is 2.31 bits per heavy atom. The minimum absolute atomic E-state index is 0.0874. The molecule has 146 valence electrons. The molecule has 1 rings (SSSR count). The van der Waals surface area contributed by atoms with E-state index in [2.05, 4.69) is 18.7 Å². The summed E-state index contributed by atoms with van der Waals surface area (Å²) in [5.74, 6) is 0.248. The maximum Gasteiger partial charge on any atom is 0.307 e. The number of hydrogen-bond acceptors (Lipinski definition) is 5. The number of rotatable bonds is 12. The van der Waals surface area contributed by atoms with Crippen LogP contribution in [0.2, 0.25) is 0 Å². The van der Waals surface area contributed by atoms with Gasteiger partial charge in [-0.05, 0) is 50.7 Å². The fourth-order valence-electron chi connectivity index (χ4n) is 2.76. The number of benzene rings is 1. The highest BCUT2D eigenvalue weighted by Crippen LogP contribution is 2.15. The quantitative estimate of drug-likeness (QED) is 0.422. The molecule has 0 saturated carbocycles. The third-order valence-electron chi connectivity index (χ3n) is 4.46. The highest BCUT2D eigenvalue weighted by Gasteiger charge is 2.17. The van der Waals surface area contributed by atoms with Crippen LogP contribution in [0.1, 0.15) is 43.5 Å². The molecule has 0 bridgehead atoms. The van der Waals surface area contributed by atoms with Crippen molar-refractivity contribution in [2.45, 2.75) is 33.1 Å². The lowest BCUT2D eigenvalue weighted by Gasteiger charge is -2.24. The summed E-state index contributed by atoms with van der Waals surface area (Å²) in [5.41, 5.74) is 0.568. The fourth-order valence-corrected chi connectivity index (χ4v) is 2.76. The first-order valence-corrected chi connectivity index (χ1v) is 9.28. The lowest BCUT2D eigenvalue weighted by Crippen LogP contribution is -2.34. The van der Waals surface area contributed by atoms with E-state index in [-0.39, 0.29) is 18.3 Å². The Balaban J connectivity index is 2.70. The molecule has 6 nitrogen and oxygen atoms in total. The molecule has 1 aromatic rings. The summed E-state index contributed by atoms with van der Waals surface area (Å²) in [5, 5.41) is 0. The van der Waals surface area contributed by atoms with Crippen molar-refractivity contribution in [1.29, 1.82) is 0 Å². The number of carbonyl (C=O) groups excluding carboxylic acids is 2. The summed E-state index contributed by atoms with van der Waals surface area (Å²) in [6.07, 6.45) is 2.11. The van der Waals surface area contributed by atoms with Crippen molar-refractivity contribution in [3.8, 4) is 5.75 Å². The van der Waals surface area contributed by atoms with E-state index in [0.29, 0.717) is 24.4 Å². The molecule has 6 heteroatoms. The van der Waals surface area contributed by atoms with Crippen LogP contribution in [0.15, 0.2) is 24.3 Å². The Labute approximate surface area is 157 Å². The van der Waals surface area contributed by atoms with Crippen molar-refractivity contribution in [3.63, 3.8) is 0 Å². The third kappa shape index (κ3) is 7.44. The fraction of sp³-hybridized carbons (Fsp3) is 0.600. The Morgan fingerprint density at radius 2 is 1.69 bits per heavy atom. The summed E-state index contributed by atoms with van der Waals surface area (Å²) in [4.78, 5) is 28.4. The number of carbonyl (C=O) groups is 2. The van der Waals surface area contributed by atoms with Crippen molar-refractivity contribution < 1.29 is 19.1 Å². The van der Waals surface area contributed by atoms with Crippen molar-refractivity contribution in [2.75, 3.05) is 46.9 Å². The zero-order valence-electron chi connectivity index (χ0n) is 16.5. The van der Waals surface area contributed by atoms with E-state index in [1.807, 2.05) is 0 Å². The summed E-state index contributed by atoms with van der Waals surface area (Å²) >= 11 is 0. The van der Waals surface area contributed by atoms with Gasteiger partial charge >= 0.3 is 5.97 Å². The van der Waals surface area contributed by atoms with Crippen LogP contribution in [0.25, 0.3) is 0 Å². The lowest BCUT2D eigenvalue weighted by atomic mass is 10.1. The van der Waals surface area contributed by atoms with E-state index >= 15 is 0 Å². The number of hydrogen-bond donors (Lipinski definition) is 0. The first-order chi connectivity index (χ1) is 12.5. The lowest BCUT2D eigenvalue weighted by molar-refractivity contribution is -0.140. The van der Waals surface area contributed by atoms with Gasteiger partial charge in [-0.25, -0.2) is 0 Å². The van der Waals surface area contributed by atoms with Crippen LogP contribution in [-0.4, -0.2) is 68.6 Å². The van der Waals surface area contributed by atoms with E-state index in [1.165, 1.54) is 7.11 Å². The third-order valence-corrected chi connectivity index (χ3v) is 4.46. The van der Waals surface area contributed by atoms with Gasteiger partial charge in [0.05, 0.1) is 20.6 Å². The van der Waals surface area contributed by atoms with Crippen LogP contribution in [0.3, 0.4) is 0 Å². The first kappa shape index (κ1) is 22.0. The number of amides is 1. The highest BCUT2D eigenvalue weighted by molar-refractivity contribution is 5.94. The van der Waals surface area contributed by atoms with Crippen LogP contribution in [0.5, 0.6) is 5.75 Å². The molecule has 0 radical (unpaired) electrons. The smallest absolute Gasteiger partial charge is 0.307 e. The topological polar surface area (TPSA) is 59.1 Å². The van der Waals surface area contributed by atoms with Crippen molar-refractivity contribution in [2.24, 2.45) is 0 Å². The van der Waals surface area contributed by atoms with Crippen LogP contribution >= 0.6 is 0 Å². The minimum atomic E-state index is -0.309. The number of methoxy groups -OCH3 is 2. The molecule has 0 aliphatic rings. The van der Waals surface area contributed by atoms with Crippen molar-refractivity contribution in [3.05, 3.63) is 29.8 Å². The SMILES string of the molecule is CCN(CC)CCCCN(CCC(=O)OC)C(=O)c1cccc(OC)c1. The first-order valence-electron chi connectivity index (χ1n) is 9.28. The molecule has 0 heterocycles. The van der Waals surface area contributed by atoms with Gasteiger partial charge in [0.2, 0.25) is 0 Å². The summed E-state index contributed by atoms with van der Waals surface area (Å²) in [6.45, 7) is 8.36. The van der Waals surface area contributed by atoms with Crippen LogP contribution in [0, 0.1) is 0 Å². The highest BCUT2D eigenvalue weighted by atomic mass is 16.5. The van der Waals surface area contributed by atoms with Crippen molar-refractivity contribution >= 4 is 11.9 Å². The maximum atomic E-state index is 12.9. The molecule has 26 heavy (non-hydrogen) atoms. The minimum Gasteiger partial charge on any atom is -0.497 e. The molecule has 0 saturated heterocycles. The molecular weight excluding hydrogens is 332 g/mol. The van der Waals surface area contributed by atoms with Crippen LogP contribution < -0.4 is 4.74 Å². The molecule has 0 aliphatic heterocycles. The monoisotopic (exact) mass is 364 g/mol. The van der Waals surface area contributed by atoms with Crippen LogP contribution in [-0.2, 0) is 9.53 Å². The second kappa shape index (κ2) is 12.3. The Hall–Kier alpha value is -2.08. The van der Waals surface area contributed by atoms with E-state index < -0.39 is 0 Å². The largest absolute Gasteiger partial charge is 0.497 e. The predicted octanol–water partition coefficient (Wildman–Crippen LogP) is 2.82. The second-order valence-electron chi connectivity index (χ2n) is 6.08. The predicted molar refractivity (Wildman–Crippen MR) is 103 cm³/mol. The molecule has 1 aromatic carbocycles. The molecule has 0 N–H and O–H groups in total. The summed E-state index contributed by atoms with van der Waals surface area (Å²) in [6, 6.07) is 7.10. The number of nitrogens with zero attached hydrogens (tertiary/aromatic N) is 2. The molecular formula is C20H32N2O4. The Morgan fingerprint density at radius 1 is 1.00 bits per heavy atom. The number of ether oxygens (including phenoxy) is 2. The standard InChI is InChI=1S/C20H32N2O4/c1-5-21(6-2)13-7-8-14-22(15-12-19(23)26-4)20(24)17-10-9-11-18(16-17)25-3/h9-11,16H,5-8,12-15H2,1-4H3. The van der Waals surface area contributed by atoms with Gasteiger partial charge in [0.1, 0.15) is 5.75 Å². The molecule has 0 aromatic heterocycles. The van der Waals surface area contributed by atoms with Gasteiger partial charge in [-0.2, -0.15) is 0 Å². The average Bonchev–Trinajstić information content (AvgIpc) is 2.69. The maximum absolute atomic E-state index is 12.9. The van der Waals surface area contributed by atoms with E-state index in [4.69, 9.17) is 9.47 Å². The Kier molecular flexibility index (Phi) is 10.4. The van der Waals surface area contributed by atoms with Gasteiger partial charge in [-0.15, -0.1) is 0 Å². The summed E-state index contributed by atoms with van der Waals surface area (Å²) < 4.78 is 9.90. The molecule has 0 fully saturated rings. The molecule has 0 unspecified atom stereocenters. The number of esters is 1. The molecule has 0 atom stereocenters. The van der Waals surface area contributed by atoms with Gasteiger partial charge in [0, 0.05) is 18.7 Å². The van der Waals surface area contributed by atoms with Gasteiger partial charge < -0.3 is 19.3 Å². The molecule has 0 spiro atoms.